The van der Waals surface area contributed by atoms with Gasteiger partial charge in [-0.3, -0.25) is 0 Å². The summed E-state index contributed by atoms with van der Waals surface area (Å²) in [5.74, 6) is 0. The highest BCUT2D eigenvalue weighted by Gasteiger charge is 2.24. The summed E-state index contributed by atoms with van der Waals surface area (Å²) in [4.78, 5) is 0. The average Bonchev–Trinajstić information content (AvgIpc) is 0.728. The lowest BCUT2D eigenvalue weighted by Crippen LogP contribution is -1.92. The molecule has 0 radical (unpaired) electrons. The Morgan fingerprint density at radius 2 is 0.511 bits per heavy atom. The second-order valence-corrected chi connectivity index (χ2v) is 25.4. The molecule has 0 aliphatic heterocycles. The van der Waals surface area contributed by atoms with Gasteiger partial charge in [0.25, 0.3) is 0 Å². The van der Waals surface area contributed by atoms with Crippen LogP contribution in [0.15, 0.2) is 327 Å². The van der Waals surface area contributed by atoms with Gasteiger partial charge >= 0.3 is 0 Å². The van der Waals surface area contributed by atoms with Gasteiger partial charge in [-0.05, 0) is 183 Å². The third kappa shape index (κ3) is 8.21. The number of hydrogen-bond donors (Lipinski definition) is 0. The second kappa shape index (κ2) is 21.2. The molecule has 0 fully saturated rings. The summed E-state index contributed by atoms with van der Waals surface area (Å²) in [5, 5.41) is 16.0. The van der Waals surface area contributed by atoms with Gasteiger partial charge < -0.3 is 0 Å². The monoisotopic (exact) mass is 1210 g/mol. The standard InChI is InChI=1S/C46H28S.C44H26S/c1-2-12-29(13-3-1)30-22-24-32(25-23-30)43-36-18-8-10-20-38(36)44(39-21-11-9-19-37(39)43)40-28-42-46(35-17-7-6-16-34(35)40)45-33-15-5-4-14-31(33)26-27-41(45)47-42;1-2-13-29-25-30(22-21-27(29)11-1)41-34-17-7-9-19-36(34)42(37-20-10-8-18-35(37)41)38-26-40-44(33-16-6-5-15-32(33)38)43-31-14-4-3-12-28(31)23-24-39(43)45-40/h1-28H;1-26H/i8D,9D,10D,11D,18D,19D,20D,21D;7D,8D,9D,10D,17D,18D,19D,20D. The van der Waals surface area contributed by atoms with Crippen LogP contribution in [-0.4, -0.2) is 0 Å². The van der Waals surface area contributed by atoms with Crippen molar-refractivity contribution >= 4 is 160 Å². The highest BCUT2D eigenvalue weighted by Crippen LogP contribution is 2.52. The number of fused-ring (bicyclic) bond motifs is 19. The molecule has 2 aromatic heterocycles. The molecule has 0 aliphatic rings. The molecule has 0 spiro atoms. The molecule has 20 aromatic rings. The first kappa shape index (κ1) is 39.0. The molecule has 2 heterocycles. The zero-order valence-electron chi connectivity index (χ0n) is 64.8. The van der Waals surface area contributed by atoms with Gasteiger partial charge in [0, 0.05) is 40.3 Å². The minimum absolute atomic E-state index is 0.206. The molecule has 0 atom stereocenters. The van der Waals surface area contributed by atoms with Crippen molar-refractivity contribution in [1.82, 2.24) is 0 Å². The van der Waals surface area contributed by atoms with E-state index in [0.29, 0.717) is 44.5 Å². The van der Waals surface area contributed by atoms with Gasteiger partial charge in [0.2, 0.25) is 0 Å². The van der Waals surface area contributed by atoms with Gasteiger partial charge in [-0.1, -0.05) is 297 Å². The molecule has 18 aromatic carbocycles. The Morgan fingerprint density at radius 1 is 0.196 bits per heavy atom. The van der Waals surface area contributed by atoms with E-state index in [9.17, 15) is 11.0 Å². The van der Waals surface area contributed by atoms with Crippen molar-refractivity contribution < 1.29 is 21.9 Å². The molecule has 0 saturated carbocycles. The van der Waals surface area contributed by atoms with Gasteiger partial charge in [-0.2, -0.15) is 0 Å². The summed E-state index contributed by atoms with van der Waals surface area (Å²) < 4.78 is 151. The highest BCUT2D eigenvalue weighted by atomic mass is 32.1. The van der Waals surface area contributed by atoms with E-state index in [2.05, 4.69) is 60.7 Å². The Balaban J connectivity index is 0.000000147. The maximum atomic E-state index is 9.49. The van der Waals surface area contributed by atoms with E-state index in [1.54, 1.807) is 22.7 Å². The van der Waals surface area contributed by atoms with E-state index >= 15 is 0 Å². The van der Waals surface area contributed by atoms with Crippen molar-refractivity contribution in [2.24, 2.45) is 0 Å². The molecule has 0 aliphatic carbocycles. The Bertz CT molecular complexity index is 7270. The van der Waals surface area contributed by atoms with E-state index in [-0.39, 0.29) is 91.4 Å². The highest BCUT2D eigenvalue weighted by molar-refractivity contribution is 7.26. The van der Waals surface area contributed by atoms with Crippen LogP contribution < -0.4 is 0 Å². The van der Waals surface area contributed by atoms with Gasteiger partial charge in [0.15, 0.2) is 0 Å². The first-order valence-electron chi connectivity index (χ1n) is 38.4. The van der Waals surface area contributed by atoms with E-state index in [1.165, 1.54) is 0 Å². The number of rotatable bonds is 5. The molecule has 0 bridgehead atoms. The molecule has 0 nitrogen and oxygen atoms in total. The summed E-state index contributed by atoms with van der Waals surface area (Å²) in [7, 11) is 0. The summed E-state index contributed by atoms with van der Waals surface area (Å²) in [6.07, 6.45) is 0. The fraction of sp³-hybridized carbons (Fsp3) is 0. The predicted molar refractivity (Wildman–Crippen MR) is 403 cm³/mol. The molecule has 0 amide bonds. The van der Waals surface area contributed by atoms with Gasteiger partial charge in [0.05, 0.1) is 21.9 Å². The molecule has 0 unspecified atom stereocenters. The van der Waals surface area contributed by atoms with Crippen molar-refractivity contribution in [2.45, 2.75) is 0 Å². The number of thiophene rings is 2. The van der Waals surface area contributed by atoms with Crippen LogP contribution in [0.5, 0.6) is 0 Å². The Morgan fingerprint density at radius 3 is 0.967 bits per heavy atom. The first-order valence-corrected chi connectivity index (χ1v) is 32.0. The second-order valence-electron chi connectivity index (χ2n) is 23.2. The molecular weight excluding hydrogens is 1150 g/mol. The van der Waals surface area contributed by atoms with Crippen molar-refractivity contribution in [1.29, 1.82) is 0 Å². The van der Waals surface area contributed by atoms with Crippen molar-refractivity contribution in [2.75, 3.05) is 0 Å². The van der Waals surface area contributed by atoms with Crippen LogP contribution in [0.2, 0.25) is 0 Å². The molecule has 2 heteroatoms. The normalized spacial score (nSPS) is 14.3. The SMILES string of the molecule is [2H]c1c([2H])c([2H])c2c(-c3cc4sc5ccc6ccccc6c5c4c4ccccc34)c3c([2H])c([2H])c([2H])c([2H])c3c(-c3ccc(-c4ccccc4)cc3)c2c1[2H].[2H]c1c([2H])c([2H])c2c(-c3cc4sc5ccc6ccccc6c5c4c4ccccc34)c3c([2H])c([2H])c([2H])c([2H])c3c(-c3ccc4ccccc4c3)c2c1[2H]. The lowest BCUT2D eigenvalue weighted by atomic mass is 9.84. The predicted octanol–water partition coefficient (Wildman–Crippen LogP) is 26.8. The van der Waals surface area contributed by atoms with Crippen molar-refractivity contribution in [3.05, 3.63) is 327 Å². The van der Waals surface area contributed by atoms with E-state index < -0.39 is 48.3 Å². The van der Waals surface area contributed by atoms with Crippen molar-refractivity contribution in [3.8, 4) is 55.6 Å². The summed E-state index contributed by atoms with van der Waals surface area (Å²) in [5.41, 5.74) is 5.79. The van der Waals surface area contributed by atoms with Gasteiger partial charge in [-0.15, -0.1) is 22.7 Å². The maximum absolute atomic E-state index is 9.49. The summed E-state index contributed by atoms with van der Waals surface area (Å²) >= 11 is 3.27. The minimum Gasteiger partial charge on any atom is -0.135 e. The molecule has 426 valence electrons. The lowest BCUT2D eigenvalue weighted by molar-refractivity contribution is 1.61. The third-order valence-corrected chi connectivity index (χ3v) is 20.5. The topological polar surface area (TPSA) is 0 Å². The van der Waals surface area contributed by atoms with E-state index in [4.69, 9.17) is 11.0 Å². The average molecular weight is 1220 g/mol. The zero-order valence-corrected chi connectivity index (χ0v) is 50.4. The van der Waals surface area contributed by atoms with Crippen LogP contribution in [0, 0.1) is 0 Å². The number of hydrogen-bond acceptors (Lipinski definition) is 2. The fourth-order valence-corrected chi connectivity index (χ4v) is 16.7. The Kier molecular flexibility index (Phi) is 8.98. The van der Waals surface area contributed by atoms with Crippen LogP contribution in [0.1, 0.15) is 21.9 Å². The summed E-state index contributed by atoms with van der Waals surface area (Å²) in [6.45, 7) is 0. The van der Waals surface area contributed by atoms with E-state index in [1.807, 2.05) is 170 Å². The minimum atomic E-state index is -0.414. The smallest absolute Gasteiger partial charge is 0.0629 e. The van der Waals surface area contributed by atoms with E-state index in [0.717, 1.165) is 105 Å². The molecule has 20 rings (SSSR count). The zero-order chi connectivity index (χ0) is 74.3. The lowest BCUT2D eigenvalue weighted by Gasteiger charge is -2.19. The van der Waals surface area contributed by atoms with Crippen LogP contribution >= 0.6 is 22.7 Å². The maximum Gasteiger partial charge on any atom is 0.0629 e. The third-order valence-electron chi connectivity index (χ3n) is 18.3. The molecular formula is C90H54S2. The van der Waals surface area contributed by atoms with Crippen LogP contribution in [-0.2, 0) is 0 Å². The first-order chi connectivity index (χ1) is 52.3. The number of benzene rings is 18. The van der Waals surface area contributed by atoms with Crippen LogP contribution in [0.25, 0.3) is 193 Å². The molecule has 0 N–H and O–H groups in total. The Hall–Kier alpha value is -11.3. The quantitative estimate of drug-likeness (QED) is 0.151. The van der Waals surface area contributed by atoms with Crippen LogP contribution in [0.4, 0.5) is 0 Å². The van der Waals surface area contributed by atoms with Crippen LogP contribution in [0.3, 0.4) is 0 Å². The molecule has 0 saturated heterocycles. The largest absolute Gasteiger partial charge is 0.135 e. The fourth-order valence-electron chi connectivity index (χ4n) is 14.4. The van der Waals surface area contributed by atoms with Crippen molar-refractivity contribution in [3.63, 3.8) is 0 Å². The summed E-state index contributed by atoms with van der Waals surface area (Å²) in [6, 6.07) is 70.7. The van der Waals surface area contributed by atoms with Gasteiger partial charge in [-0.25, -0.2) is 0 Å². The van der Waals surface area contributed by atoms with Gasteiger partial charge in [0.1, 0.15) is 0 Å². The molecule has 92 heavy (non-hydrogen) atoms. The Labute approximate surface area is 561 Å².